The number of rotatable bonds is 7. The predicted molar refractivity (Wildman–Crippen MR) is 99.4 cm³/mol. The topological polar surface area (TPSA) is 107 Å². The zero-order valence-electron chi connectivity index (χ0n) is 15.5. The Labute approximate surface area is 156 Å². The molecule has 0 spiro atoms. The molecule has 27 heavy (non-hydrogen) atoms. The first-order valence-electron chi connectivity index (χ1n) is 8.32. The molecule has 0 saturated carbocycles. The molecule has 1 amide bonds. The Morgan fingerprint density at radius 1 is 1.44 bits per heavy atom. The third kappa shape index (κ3) is 6.30. The van der Waals surface area contributed by atoms with Crippen molar-refractivity contribution in [3.8, 4) is 0 Å². The summed E-state index contributed by atoms with van der Waals surface area (Å²) in [5.41, 5.74) is 2.12. The molecule has 144 valence electrons. The highest BCUT2D eigenvalue weighted by atomic mass is 19.1. The molecule has 1 aromatic carbocycles. The third-order valence-corrected chi connectivity index (χ3v) is 3.53. The normalized spacial score (nSPS) is 13.6. The fraction of sp³-hybridized carbons (Fsp3) is 0.333. The van der Waals surface area contributed by atoms with Gasteiger partial charge in [0.05, 0.1) is 12.3 Å². The summed E-state index contributed by atoms with van der Waals surface area (Å²) >= 11 is 0. The molecule has 2 aromatic rings. The van der Waals surface area contributed by atoms with Gasteiger partial charge in [0.2, 0.25) is 5.76 Å². The van der Waals surface area contributed by atoms with Crippen LogP contribution >= 0.6 is 0 Å². The van der Waals surface area contributed by atoms with Gasteiger partial charge in [0.25, 0.3) is 0 Å². The van der Waals surface area contributed by atoms with E-state index in [0.29, 0.717) is 6.42 Å². The predicted octanol–water partition coefficient (Wildman–Crippen LogP) is 2.43. The van der Waals surface area contributed by atoms with E-state index in [0.717, 1.165) is 0 Å². The Balaban J connectivity index is 2.21. The number of hydrogen-bond donors (Lipinski definition) is 2. The van der Waals surface area contributed by atoms with Crippen molar-refractivity contribution in [1.82, 2.24) is 20.2 Å². The lowest BCUT2D eigenvalue weighted by molar-refractivity contribution is -0.120. The second-order valence-corrected chi connectivity index (χ2v) is 7.06. The number of nitrogens with two attached hydrogens (primary N) is 1. The summed E-state index contributed by atoms with van der Waals surface area (Å²) in [7, 11) is 0. The van der Waals surface area contributed by atoms with E-state index in [9.17, 15) is 9.18 Å². The van der Waals surface area contributed by atoms with Crippen molar-refractivity contribution in [2.45, 2.75) is 33.2 Å². The van der Waals surface area contributed by atoms with Crippen molar-refractivity contribution in [3.05, 3.63) is 54.1 Å². The highest BCUT2D eigenvalue weighted by molar-refractivity contribution is 5.95. The van der Waals surface area contributed by atoms with Gasteiger partial charge in [0.15, 0.2) is 0 Å². The SMILES string of the molecule is CC(C)(C)CC(/C=N\OC(=Cc1ccccc1F)C(=O)NN)n1cncn1. The fourth-order valence-corrected chi connectivity index (χ4v) is 2.33. The Morgan fingerprint density at radius 3 is 2.78 bits per heavy atom. The van der Waals surface area contributed by atoms with Gasteiger partial charge in [0.1, 0.15) is 18.5 Å². The number of hydrogen-bond acceptors (Lipinski definition) is 6. The fourth-order valence-electron chi connectivity index (χ4n) is 2.33. The van der Waals surface area contributed by atoms with E-state index in [4.69, 9.17) is 10.7 Å². The first-order chi connectivity index (χ1) is 12.8. The smallest absolute Gasteiger partial charge is 0.303 e. The van der Waals surface area contributed by atoms with Crippen LogP contribution in [-0.2, 0) is 9.63 Å². The maximum atomic E-state index is 13.8. The number of carbonyl (C=O) groups excluding carboxylic acids is 1. The standard InChI is InChI=1S/C18H23FN6O2/c1-18(2,3)9-14(25-12-21-11-22-25)10-23-27-16(17(26)24-20)8-13-6-4-5-7-15(13)19/h4-8,10-12,14H,9,20H2,1-3H3,(H,24,26)/b16-8?,23-10-. The summed E-state index contributed by atoms with van der Waals surface area (Å²) in [5.74, 6) is 3.69. The molecule has 1 unspecified atom stereocenters. The lowest BCUT2D eigenvalue weighted by Gasteiger charge is -2.23. The minimum atomic E-state index is -0.733. The average molecular weight is 374 g/mol. The molecule has 0 bridgehead atoms. The van der Waals surface area contributed by atoms with E-state index in [-0.39, 0.29) is 22.8 Å². The lowest BCUT2D eigenvalue weighted by atomic mass is 9.88. The van der Waals surface area contributed by atoms with Gasteiger partial charge in [-0.05, 0) is 24.0 Å². The largest absolute Gasteiger partial charge is 0.351 e. The van der Waals surface area contributed by atoms with Gasteiger partial charge in [-0.25, -0.2) is 19.9 Å². The number of amides is 1. The maximum Gasteiger partial charge on any atom is 0.303 e. The molecule has 3 N–H and O–H groups in total. The number of halogens is 1. The molecule has 9 heteroatoms. The van der Waals surface area contributed by atoms with E-state index >= 15 is 0 Å². The number of aromatic nitrogens is 3. The first-order valence-corrected chi connectivity index (χ1v) is 8.32. The van der Waals surface area contributed by atoms with Crippen molar-refractivity contribution < 1.29 is 14.0 Å². The van der Waals surface area contributed by atoms with Crippen LogP contribution in [0.25, 0.3) is 6.08 Å². The van der Waals surface area contributed by atoms with Crippen molar-refractivity contribution in [2.75, 3.05) is 0 Å². The molecular formula is C18H23FN6O2. The highest BCUT2D eigenvalue weighted by Gasteiger charge is 2.20. The van der Waals surface area contributed by atoms with Gasteiger partial charge in [-0.15, -0.1) is 0 Å². The second-order valence-electron chi connectivity index (χ2n) is 7.06. The number of hydrazine groups is 1. The number of nitrogens with one attached hydrogen (secondary N) is 1. The van der Waals surface area contributed by atoms with Crippen LogP contribution in [0, 0.1) is 11.2 Å². The lowest BCUT2D eigenvalue weighted by Crippen LogP contribution is -2.31. The third-order valence-electron chi connectivity index (χ3n) is 3.53. The van der Waals surface area contributed by atoms with Crippen molar-refractivity contribution >= 4 is 18.2 Å². The van der Waals surface area contributed by atoms with Crippen molar-refractivity contribution in [1.29, 1.82) is 0 Å². The zero-order valence-corrected chi connectivity index (χ0v) is 15.5. The minimum Gasteiger partial charge on any atom is -0.351 e. The van der Waals surface area contributed by atoms with E-state index in [2.05, 4.69) is 36.0 Å². The number of nitrogens with zero attached hydrogens (tertiary/aromatic N) is 4. The van der Waals surface area contributed by atoms with Gasteiger partial charge in [-0.1, -0.05) is 44.1 Å². The number of benzene rings is 1. The van der Waals surface area contributed by atoms with Crippen molar-refractivity contribution in [2.24, 2.45) is 16.4 Å². The van der Waals surface area contributed by atoms with E-state index < -0.39 is 11.7 Å². The summed E-state index contributed by atoms with van der Waals surface area (Å²) in [5, 5.41) is 8.01. The van der Waals surface area contributed by atoms with Crippen LogP contribution in [0.15, 0.2) is 47.8 Å². The Bertz CT molecular complexity index is 812. The summed E-state index contributed by atoms with van der Waals surface area (Å²) < 4.78 is 15.5. The molecule has 1 heterocycles. The molecule has 0 aliphatic heterocycles. The average Bonchev–Trinajstić information content (AvgIpc) is 3.14. The van der Waals surface area contributed by atoms with Crippen LogP contribution in [0.3, 0.4) is 0 Å². The first kappa shape index (κ1) is 20.2. The molecule has 1 aromatic heterocycles. The Morgan fingerprint density at radius 2 is 2.19 bits per heavy atom. The molecule has 1 atom stereocenters. The van der Waals surface area contributed by atoms with Crippen molar-refractivity contribution in [3.63, 3.8) is 0 Å². The van der Waals surface area contributed by atoms with Gasteiger partial charge in [-0.2, -0.15) is 5.10 Å². The van der Waals surface area contributed by atoms with Crippen LogP contribution in [-0.4, -0.2) is 26.9 Å². The van der Waals surface area contributed by atoms with Crippen LogP contribution in [0.1, 0.15) is 38.8 Å². The van der Waals surface area contributed by atoms with Crippen LogP contribution in [0.2, 0.25) is 0 Å². The molecule has 0 fully saturated rings. The van der Waals surface area contributed by atoms with Crippen LogP contribution < -0.4 is 11.3 Å². The Hall–Kier alpha value is -3.07. The van der Waals surface area contributed by atoms with E-state index in [1.54, 1.807) is 23.1 Å². The maximum absolute atomic E-state index is 13.8. The monoisotopic (exact) mass is 374 g/mol. The number of carbonyl (C=O) groups is 1. The summed E-state index contributed by atoms with van der Waals surface area (Å²) in [6.45, 7) is 6.24. The van der Waals surface area contributed by atoms with Gasteiger partial charge >= 0.3 is 5.91 Å². The molecule has 0 aliphatic rings. The van der Waals surface area contributed by atoms with Gasteiger partial charge in [0, 0.05) is 5.56 Å². The van der Waals surface area contributed by atoms with Crippen LogP contribution in [0.5, 0.6) is 0 Å². The quantitative estimate of drug-likeness (QED) is 0.193. The summed E-state index contributed by atoms with van der Waals surface area (Å²) in [6.07, 6.45) is 6.45. The second kappa shape index (κ2) is 9.04. The number of oxime groups is 1. The van der Waals surface area contributed by atoms with Gasteiger partial charge < -0.3 is 4.84 Å². The molecule has 0 aliphatic carbocycles. The van der Waals surface area contributed by atoms with Crippen LogP contribution in [0.4, 0.5) is 4.39 Å². The van der Waals surface area contributed by atoms with E-state index in [1.165, 1.54) is 30.8 Å². The molecule has 8 nitrogen and oxygen atoms in total. The molecule has 0 radical (unpaired) electrons. The highest BCUT2D eigenvalue weighted by Crippen LogP contribution is 2.26. The molecular weight excluding hydrogens is 351 g/mol. The van der Waals surface area contributed by atoms with E-state index in [1.807, 2.05) is 5.43 Å². The molecule has 0 saturated heterocycles. The summed E-state index contributed by atoms with van der Waals surface area (Å²) in [6, 6.07) is 5.73. The Kier molecular flexibility index (Phi) is 6.78. The zero-order chi connectivity index (χ0) is 19.9. The molecule has 2 rings (SSSR count). The minimum absolute atomic E-state index is 0.0108. The summed E-state index contributed by atoms with van der Waals surface area (Å²) in [4.78, 5) is 21.1. The van der Waals surface area contributed by atoms with Gasteiger partial charge in [-0.3, -0.25) is 10.2 Å².